The van der Waals surface area contributed by atoms with Crippen LogP contribution in [0.4, 0.5) is 5.13 Å². The molecule has 0 saturated heterocycles. The lowest BCUT2D eigenvalue weighted by Crippen LogP contribution is -2.01. The molecular weight excluding hydrogens is 228 g/mol. The first-order valence-corrected chi connectivity index (χ1v) is 5.97. The number of fused-ring (bicyclic) bond motifs is 3. The van der Waals surface area contributed by atoms with Gasteiger partial charge in [0, 0.05) is 15.5 Å². The SMILES string of the molecule is Nc1nc2c(s1)CCc1cc(Cl)ccc1-2. The number of thiazole rings is 1. The lowest BCUT2D eigenvalue weighted by molar-refractivity contribution is 0.955. The monoisotopic (exact) mass is 236 g/mol. The fourth-order valence-electron chi connectivity index (χ4n) is 2.00. The molecule has 0 unspecified atom stereocenters. The zero-order valence-corrected chi connectivity index (χ0v) is 9.53. The highest BCUT2D eigenvalue weighted by Crippen LogP contribution is 2.37. The van der Waals surface area contributed by atoms with Crippen LogP contribution >= 0.6 is 22.9 Å². The summed E-state index contributed by atoms with van der Waals surface area (Å²) in [6.07, 6.45) is 2.06. The molecule has 0 fully saturated rings. The van der Waals surface area contributed by atoms with E-state index in [0.717, 1.165) is 23.6 Å². The number of aromatic nitrogens is 1. The molecule has 76 valence electrons. The Morgan fingerprint density at radius 2 is 2.20 bits per heavy atom. The molecule has 4 heteroatoms. The minimum Gasteiger partial charge on any atom is -0.375 e. The molecule has 0 aliphatic heterocycles. The molecule has 1 aromatic carbocycles. The fourth-order valence-corrected chi connectivity index (χ4v) is 3.04. The second kappa shape index (κ2) is 3.22. The molecule has 0 bridgehead atoms. The Labute approximate surface area is 96.7 Å². The van der Waals surface area contributed by atoms with Crippen LogP contribution in [0.1, 0.15) is 10.4 Å². The number of halogens is 1. The van der Waals surface area contributed by atoms with Gasteiger partial charge in [-0.3, -0.25) is 0 Å². The molecule has 15 heavy (non-hydrogen) atoms. The first-order valence-electron chi connectivity index (χ1n) is 4.78. The van der Waals surface area contributed by atoms with Crippen LogP contribution in [0.25, 0.3) is 11.3 Å². The van der Waals surface area contributed by atoms with Gasteiger partial charge >= 0.3 is 0 Å². The predicted molar refractivity (Wildman–Crippen MR) is 64.4 cm³/mol. The molecule has 0 saturated carbocycles. The van der Waals surface area contributed by atoms with E-state index in [4.69, 9.17) is 17.3 Å². The molecular formula is C11H9ClN2S. The Balaban J connectivity index is 2.25. The number of hydrogen-bond donors (Lipinski definition) is 1. The third kappa shape index (κ3) is 1.43. The summed E-state index contributed by atoms with van der Waals surface area (Å²) in [5, 5.41) is 1.45. The van der Waals surface area contributed by atoms with Crippen molar-refractivity contribution in [1.29, 1.82) is 0 Å². The van der Waals surface area contributed by atoms with E-state index in [1.54, 1.807) is 11.3 Å². The zero-order chi connectivity index (χ0) is 10.4. The van der Waals surface area contributed by atoms with Crippen LogP contribution in [-0.2, 0) is 12.8 Å². The highest BCUT2D eigenvalue weighted by Gasteiger charge is 2.19. The summed E-state index contributed by atoms with van der Waals surface area (Å²) in [7, 11) is 0. The second-order valence-electron chi connectivity index (χ2n) is 3.63. The van der Waals surface area contributed by atoms with Crippen molar-refractivity contribution in [3.63, 3.8) is 0 Å². The summed E-state index contributed by atoms with van der Waals surface area (Å²) in [4.78, 5) is 5.67. The number of nitrogens with zero attached hydrogens (tertiary/aromatic N) is 1. The molecule has 3 rings (SSSR count). The van der Waals surface area contributed by atoms with Gasteiger partial charge in [0.05, 0.1) is 5.69 Å². The second-order valence-corrected chi connectivity index (χ2v) is 5.18. The summed E-state index contributed by atoms with van der Waals surface area (Å²) >= 11 is 7.56. The van der Waals surface area contributed by atoms with Gasteiger partial charge in [0.2, 0.25) is 0 Å². The van der Waals surface area contributed by atoms with Crippen LogP contribution in [0.2, 0.25) is 5.02 Å². The Morgan fingerprint density at radius 3 is 3.07 bits per heavy atom. The fraction of sp³-hybridized carbons (Fsp3) is 0.182. The minimum absolute atomic E-state index is 0.655. The quantitative estimate of drug-likeness (QED) is 0.763. The van der Waals surface area contributed by atoms with Gasteiger partial charge in [-0.2, -0.15) is 0 Å². The highest BCUT2D eigenvalue weighted by atomic mass is 35.5. The van der Waals surface area contributed by atoms with Gasteiger partial charge in [-0.05, 0) is 30.5 Å². The Kier molecular flexibility index (Phi) is 1.97. The van der Waals surface area contributed by atoms with E-state index in [2.05, 4.69) is 4.98 Å². The van der Waals surface area contributed by atoms with E-state index in [-0.39, 0.29) is 0 Å². The third-order valence-corrected chi connectivity index (χ3v) is 3.84. The number of nitrogen functional groups attached to an aromatic ring is 1. The predicted octanol–water partition coefficient (Wildman–Crippen LogP) is 3.14. The topological polar surface area (TPSA) is 38.9 Å². The van der Waals surface area contributed by atoms with Crippen molar-refractivity contribution in [3.8, 4) is 11.3 Å². The minimum atomic E-state index is 0.655. The van der Waals surface area contributed by atoms with Crippen molar-refractivity contribution >= 4 is 28.1 Å². The van der Waals surface area contributed by atoms with Gasteiger partial charge in [-0.15, -0.1) is 11.3 Å². The molecule has 0 radical (unpaired) electrons. The number of rotatable bonds is 0. The number of aryl methyl sites for hydroxylation is 2. The van der Waals surface area contributed by atoms with Crippen molar-refractivity contribution in [3.05, 3.63) is 33.7 Å². The first kappa shape index (κ1) is 9.19. The van der Waals surface area contributed by atoms with Crippen LogP contribution in [-0.4, -0.2) is 4.98 Å². The van der Waals surface area contributed by atoms with Crippen LogP contribution in [0.15, 0.2) is 18.2 Å². The highest BCUT2D eigenvalue weighted by molar-refractivity contribution is 7.15. The van der Waals surface area contributed by atoms with Gasteiger partial charge in [0.25, 0.3) is 0 Å². The van der Waals surface area contributed by atoms with Crippen LogP contribution in [0.5, 0.6) is 0 Å². The molecule has 1 aromatic heterocycles. The van der Waals surface area contributed by atoms with Gasteiger partial charge in [0.15, 0.2) is 5.13 Å². The molecule has 2 N–H and O–H groups in total. The van der Waals surface area contributed by atoms with Crippen molar-refractivity contribution in [1.82, 2.24) is 4.98 Å². The van der Waals surface area contributed by atoms with Crippen molar-refractivity contribution in [2.45, 2.75) is 12.8 Å². The van der Waals surface area contributed by atoms with E-state index < -0.39 is 0 Å². The average Bonchev–Trinajstić information content (AvgIpc) is 2.58. The maximum atomic E-state index is 5.97. The van der Waals surface area contributed by atoms with E-state index in [1.807, 2.05) is 18.2 Å². The number of hydrogen-bond acceptors (Lipinski definition) is 3. The van der Waals surface area contributed by atoms with Crippen molar-refractivity contribution in [2.24, 2.45) is 0 Å². The zero-order valence-electron chi connectivity index (χ0n) is 7.96. The number of anilines is 1. The summed E-state index contributed by atoms with van der Waals surface area (Å²) < 4.78 is 0. The Hall–Kier alpha value is -1.06. The first-order chi connectivity index (χ1) is 7.24. The van der Waals surface area contributed by atoms with Gasteiger partial charge in [-0.25, -0.2) is 4.98 Å². The molecule has 0 atom stereocenters. The average molecular weight is 237 g/mol. The van der Waals surface area contributed by atoms with Crippen molar-refractivity contribution < 1.29 is 0 Å². The van der Waals surface area contributed by atoms with Crippen molar-refractivity contribution in [2.75, 3.05) is 5.73 Å². The molecule has 1 heterocycles. The Bertz CT molecular complexity index is 533. The van der Waals surface area contributed by atoms with E-state index in [0.29, 0.717) is 5.13 Å². The molecule has 0 spiro atoms. The van der Waals surface area contributed by atoms with E-state index in [9.17, 15) is 0 Å². The van der Waals surface area contributed by atoms with Gasteiger partial charge in [-0.1, -0.05) is 17.7 Å². The molecule has 1 aliphatic rings. The lowest BCUT2D eigenvalue weighted by Gasteiger charge is -2.14. The summed E-state index contributed by atoms with van der Waals surface area (Å²) in [5.74, 6) is 0. The molecule has 1 aliphatic carbocycles. The molecule has 2 nitrogen and oxygen atoms in total. The van der Waals surface area contributed by atoms with E-state index in [1.165, 1.54) is 16.0 Å². The molecule has 2 aromatic rings. The van der Waals surface area contributed by atoms with Crippen LogP contribution < -0.4 is 5.73 Å². The smallest absolute Gasteiger partial charge is 0.180 e. The van der Waals surface area contributed by atoms with Crippen LogP contribution in [0, 0.1) is 0 Å². The summed E-state index contributed by atoms with van der Waals surface area (Å²) in [6, 6.07) is 5.97. The summed E-state index contributed by atoms with van der Waals surface area (Å²) in [6.45, 7) is 0. The standard InChI is InChI=1S/C11H9ClN2S/c12-7-2-3-8-6(5-7)1-4-9-10(8)14-11(13)15-9/h2-3,5H,1,4H2,(H2,13,14). The van der Waals surface area contributed by atoms with Gasteiger partial charge < -0.3 is 5.73 Å². The summed E-state index contributed by atoms with van der Waals surface area (Å²) in [5.41, 5.74) is 9.24. The largest absolute Gasteiger partial charge is 0.375 e. The normalized spacial score (nSPS) is 13.4. The molecule has 0 amide bonds. The van der Waals surface area contributed by atoms with Gasteiger partial charge in [0.1, 0.15) is 0 Å². The maximum absolute atomic E-state index is 5.97. The Morgan fingerprint density at radius 1 is 1.33 bits per heavy atom. The number of benzene rings is 1. The number of nitrogens with two attached hydrogens (primary N) is 1. The lowest BCUT2D eigenvalue weighted by atomic mass is 9.94. The maximum Gasteiger partial charge on any atom is 0.180 e. The third-order valence-electron chi connectivity index (χ3n) is 2.66. The van der Waals surface area contributed by atoms with Crippen LogP contribution in [0.3, 0.4) is 0 Å². The van der Waals surface area contributed by atoms with E-state index >= 15 is 0 Å².